The zero-order chi connectivity index (χ0) is 11.4. The number of aromatic amines is 1. The lowest BCUT2D eigenvalue weighted by Gasteiger charge is -2.40. The lowest BCUT2D eigenvalue weighted by molar-refractivity contribution is 0.415. The fourth-order valence-electron chi connectivity index (χ4n) is 3.36. The van der Waals surface area contributed by atoms with Crippen molar-refractivity contribution in [3.63, 3.8) is 0 Å². The molecule has 2 aromatic rings. The normalized spacial score (nSPS) is 18.8. The lowest BCUT2D eigenvalue weighted by Crippen LogP contribution is -2.38. The van der Waals surface area contributed by atoms with Gasteiger partial charge in [0, 0.05) is 29.6 Å². The van der Waals surface area contributed by atoms with Crippen molar-refractivity contribution in [1.82, 2.24) is 4.98 Å². The van der Waals surface area contributed by atoms with Crippen molar-refractivity contribution in [3.8, 4) is 5.75 Å². The molecular weight excluding hydrogens is 212 g/mol. The number of rotatable bonds is 1. The Morgan fingerprint density at radius 3 is 2.88 bits per heavy atom. The summed E-state index contributed by atoms with van der Waals surface area (Å²) in [6, 6.07) is 6.33. The predicted molar refractivity (Wildman–Crippen MR) is 69.0 cm³/mol. The number of ether oxygens (including phenoxy) is 1. The first-order valence-corrected chi connectivity index (χ1v) is 6.31. The number of hydrogen-bond donors (Lipinski definition) is 1. The largest absolute Gasteiger partial charge is 0.497 e. The minimum Gasteiger partial charge on any atom is -0.497 e. The number of piperidine rings is 1. The van der Waals surface area contributed by atoms with Crippen LogP contribution >= 0.6 is 0 Å². The van der Waals surface area contributed by atoms with Crippen LogP contribution in [-0.4, -0.2) is 25.2 Å². The van der Waals surface area contributed by atoms with Crippen molar-refractivity contribution in [2.45, 2.75) is 18.8 Å². The van der Waals surface area contributed by atoms with Crippen LogP contribution in [0, 0.1) is 0 Å². The summed E-state index contributed by atoms with van der Waals surface area (Å²) >= 11 is 0. The van der Waals surface area contributed by atoms with Crippen molar-refractivity contribution < 1.29 is 4.74 Å². The summed E-state index contributed by atoms with van der Waals surface area (Å²) in [5, 5.41) is 1.36. The molecule has 1 saturated heterocycles. The van der Waals surface area contributed by atoms with Gasteiger partial charge >= 0.3 is 0 Å². The Morgan fingerprint density at radius 2 is 2.12 bits per heavy atom. The Morgan fingerprint density at radius 1 is 1.29 bits per heavy atom. The number of nitrogens with zero attached hydrogens (tertiary/aromatic N) is 1. The molecule has 2 bridgehead atoms. The first-order valence-electron chi connectivity index (χ1n) is 6.31. The molecule has 0 atom stereocenters. The third kappa shape index (κ3) is 1.17. The van der Waals surface area contributed by atoms with Gasteiger partial charge in [0.25, 0.3) is 0 Å². The van der Waals surface area contributed by atoms with Gasteiger partial charge < -0.3 is 14.6 Å². The molecule has 0 saturated carbocycles. The third-order valence-corrected chi connectivity index (χ3v) is 4.24. The fraction of sp³-hybridized carbons (Fsp3) is 0.429. The van der Waals surface area contributed by atoms with E-state index in [-0.39, 0.29) is 0 Å². The molecule has 0 amide bonds. The Hall–Kier alpha value is -1.64. The van der Waals surface area contributed by atoms with Crippen LogP contribution < -0.4 is 9.64 Å². The summed E-state index contributed by atoms with van der Waals surface area (Å²) in [6.45, 7) is 2.42. The average molecular weight is 228 g/mol. The molecular formula is C14H16N2O. The Kier molecular flexibility index (Phi) is 1.76. The van der Waals surface area contributed by atoms with Crippen LogP contribution in [0.25, 0.3) is 10.9 Å². The monoisotopic (exact) mass is 228 g/mol. The Bertz CT molecular complexity index is 579. The van der Waals surface area contributed by atoms with Gasteiger partial charge in [0.05, 0.1) is 7.11 Å². The van der Waals surface area contributed by atoms with Gasteiger partial charge in [0.1, 0.15) is 11.6 Å². The molecule has 0 radical (unpaired) electrons. The van der Waals surface area contributed by atoms with Crippen molar-refractivity contribution in [1.29, 1.82) is 0 Å². The second-order valence-corrected chi connectivity index (χ2v) is 5.06. The second-order valence-electron chi connectivity index (χ2n) is 5.06. The zero-order valence-electron chi connectivity index (χ0n) is 9.99. The molecule has 1 N–H and O–H groups in total. The SMILES string of the molecule is COc1ccc2[nH]c3c(c2c1)C1CCN3CC1. The summed E-state index contributed by atoms with van der Waals surface area (Å²) in [7, 11) is 1.73. The van der Waals surface area contributed by atoms with E-state index < -0.39 is 0 Å². The van der Waals surface area contributed by atoms with E-state index in [1.165, 1.54) is 48.2 Å². The topological polar surface area (TPSA) is 28.3 Å². The number of methoxy groups -OCH3 is 1. The number of benzene rings is 1. The van der Waals surface area contributed by atoms with Crippen LogP contribution in [0.2, 0.25) is 0 Å². The number of aromatic nitrogens is 1. The Labute approximate surface area is 100 Å². The molecule has 17 heavy (non-hydrogen) atoms. The third-order valence-electron chi connectivity index (χ3n) is 4.24. The van der Waals surface area contributed by atoms with E-state index in [2.05, 4.69) is 22.0 Å². The minimum atomic E-state index is 0.746. The van der Waals surface area contributed by atoms with Crippen LogP contribution in [0.5, 0.6) is 5.75 Å². The van der Waals surface area contributed by atoms with E-state index in [1.54, 1.807) is 7.11 Å². The molecule has 1 aromatic heterocycles. The summed E-state index contributed by atoms with van der Waals surface area (Å²) in [5.41, 5.74) is 2.77. The van der Waals surface area contributed by atoms with Crippen LogP contribution in [0.4, 0.5) is 5.82 Å². The molecule has 3 aliphatic rings. The maximum absolute atomic E-state index is 5.34. The van der Waals surface area contributed by atoms with E-state index in [1.807, 2.05) is 6.07 Å². The number of H-pyrrole nitrogens is 1. The van der Waals surface area contributed by atoms with Gasteiger partial charge in [-0.1, -0.05) is 0 Å². The molecule has 1 aromatic carbocycles. The predicted octanol–water partition coefficient (Wildman–Crippen LogP) is 2.87. The zero-order valence-corrected chi connectivity index (χ0v) is 9.99. The highest BCUT2D eigenvalue weighted by molar-refractivity contribution is 5.91. The standard InChI is InChI=1S/C14H16N2O/c1-17-10-2-3-12-11(8-10)13-9-4-6-16(7-5-9)14(13)15-12/h2-3,8-9,15H,4-7H2,1H3. The van der Waals surface area contributed by atoms with Crippen LogP contribution in [0.1, 0.15) is 24.3 Å². The van der Waals surface area contributed by atoms with Gasteiger partial charge in [0.2, 0.25) is 0 Å². The highest BCUT2D eigenvalue weighted by Crippen LogP contribution is 2.46. The number of hydrogen-bond acceptors (Lipinski definition) is 2. The molecule has 0 unspecified atom stereocenters. The van der Waals surface area contributed by atoms with Crippen LogP contribution in [0.15, 0.2) is 18.2 Å². The fourth-order valence-corrected chi connectivity index (χ4v) is 3.36. The second kappa shape index (κ2) is 3.19. The van der Waals surface area contributed by atoms with E-state index in [9.17, 15) is 0 Å². The van der Waals surface area contributed by atoms with E-state index in [0.29, 0.717) is 0 Å². The van der Waals surface area contributed by atoms with Crippen molar-refractivity contribution in [2.24, 2.45) is 0 Å². The van der Waals surface area contributed by atoms with Gasteiger partial charge in [-0.3, -0.25) is 0 Å². The van der Waals surface area contributed by atoms with Crippen molar-refractivity contribution in [3.05, 3.63) is 23.8 Å². The first kappa shape index (κ1) is 9.40. The first-order chi connectivity index (χ1) is 8.36. The molecule has 3 heteroatoms. The number of anilines is 1. The van der Waals surface area contributed by atoms with E-state index in [0.717, 1.165) is 11.7 Å². The van der Waals surface area contributed by atoms with E-state index in [4.69, 9.17) is 4.74 Å². The molecule has 1 fully saturated rings. The summed E-state index contributed by atoms with van der Waals surface area (Å²) in [4.78, 5) is 6.06. The maximum Gasteiger partial charge on any atom is 0.119 e. The van der Waals surface area contributed by atoms with Crippen molar-refractivity contribution >= 4 is 16.7 Å². The molecule has 0 spiro atoms. The molecule has 88 valence electrons. The molecule has 0 aliphatic carbocycles. The number of nitrogens with one attached hydrogen (secondary N) is 1. The van der Waals surface area contributed by atoms with Gasteiger partial charge in [-0.2, -0.15) is 0 Å². The highest BCUT2D eigenvalue weighted by atomic mass is 16.5. The summed E-state index contributed by atoms with van der Waals surface area (Å²) in [5.74, 6) is 3.06. The quantitative estimate of drug-likeness (QED) is 0.813. The lowest BCUT2D eigenvalue weighted by atomic mass is 9.84. The smallest absolute Gasteiger partial charge is 0.119 e. The molecule has 3 aliphatic heterocycles. The van der Waals surface area contributed by atoms with E-state index >= 15 is 0 Å². The highest BCUT2D eigenvalue weighted by Gasteiger charge is 2.33. The summed E-state index contributed by atoms with van der Waals surface area (Å²) < 4.78 is 5.34. The Balaban J connectivity index is 2.01. The average Bonchev–Trinajstić information content (AvgIpc) is 2.80. The molecule has 4 heterocycles. The van der Waals surface area contributed by atoms with Gasteiger partial charge in [0.15, 0.2) is 0 Å². The summed E-state index contributed by atoms with van der Waals surface area (Å²) in [6.07, 6.45) is 2.61. The maximum atomic E-state index is 5.34. The van der Waals surface area contributed by atoms with Crippen LogP contribution in [-0.2, 0) is 0 Å². The number of fused-ring (bicyclic) bond motifs is 3. The van der Waals surface area contributed by atoms with Crippen molar-refractivity contribution in [2.75, 3.05) is 25.1 Å². The van der Waals surface area contributed by atoms with Gasteiger partial charge in [-0.15, -0.1) is 0 Å². The molecule has 3 nitrogen and oxygen atoms in total. The van der Waals surface area contributed by atoms with Gasteiger partial charge in [-0.25, -0.2) is 0 Å². The molecule has 5 rings (SSSR count). The van der Waals surface area contributed by atoms with Gasteiger partial charge in [-0.05, 0) is 37.0 Å². The minimum absolute atomic E-state index is 0.746. The van der Waals surface area contributed by atoms with Crippen LogP contribution in [0.3, 0.4) is 0 Å².